The Bertz CT molecular complexity index is 36.2. The van der Waals surface area contributed by atoms with Crippen LogP contribution in [0.4, 0.5) is 0 Å². The maximum Gasteiger partial charge on any atom is 0.00127 e. The molecule has 0 heterocycles. The van der Waals surface area contributed by atoms with Crippen LogP contribution in [0, 0.1) is 0 Å². The molecule has 0 radical (unpaired) electrons. The predicted octanol–water partition coefficient (Wildman–Crippen LogP) is 0.968. The number of hydrogen-bond donors (Lipinski definition) is 2. The zero-order chi connectivity index (χ0) is 7.86. The molecule has 0 aromatic rings. The van der Waals surface area contributed by atoms with E-state index in [1.807, 2.05) is 0 Å². The summed E-state index contributed by atoms with van der Waals surface area (Å²) in [6.07, 6.45) is 0. The Morgan fingerprint density at radius 1 is 0.889 bits per heavy atom. The van der Waals surface area contributed by atoms with Crippen molar-refractivity contribution in [2.45, 2.75) is 39.8 Å². The van der Waals surface area contributed by atoms with Crippen molar-refractivity contribution in [1.29, 1.82) is 0 Å². The van der Waals surface area contributed by atoms with E-state index in [1.54, 1.807) is 0 Å². The summed E-state index contributed by atoms with van der Waals surface area (Å²) in [7, 11) is 1.50. The van der Waals surface area contributed by atoms with Gasteiger partial charge >= 0.3 is 0 Å². The van der Waals surface area contributed by atoms with Gasteiger partial charge in [-0.3, -0.25) is 0 Å². The van der Waals surface area contributed by atoms with Crippen molar-refractivity contribution >= 4 is 0 Å². The molecule has 0 aromatic heterocycles. The highest BCUT2D eigenvalue weighted by atomic mass is 14.9. The maximum atomic E-state index is 4.50. The van der Waals surface area contributed by atoms with E-state index in [-0.39, 0.29) is 0 Å². The summed E-state index contributed by atoms with van der Waals surface area (Å²) in [5.74, 6) is 0. The van der Waals surface area contributed by atoms with Crippen molar-refractivity contribution in [2.75, 3.05) is 7.05 Å². The molecule has 0 spiro atoms. The smallest absolute Gasteiger partial charge is 0.00127 e. The van der Waals surface area contributed by atoms with Crippen LogP contribution in [0.3, 0.4) is 0 Å². The van der Waals surface area contributed by atoms with Crippen molar-refractivity contribution in [3.8, 4) is 0 Å². The fraction of sp³-hybridized carbons (Fsp3) is 1.00. The van der Waals surface area contributed by atoms with Gasteiger partial charge in [-0.05, 0) is 7.05 Å². The molecule has 0 aliphatic heterocycles. The highest BCUT2D eigenvalue weighted by Crippen LogP contribution is 1.80. The first-order valence-electron chi connectivity index (χ1n) is 3.46. The van der Waals surface area contributed by atoms with Gasteiger partial charge < -0.3 is 11.1 Å². The Hall–Kier alpha value is -0.0800. The molecule has 0 aliphatic carbocycles. The second-order valence-electron chi connectivity index (χ2n) is 2.48. The van der Waals surface area contributed by atoms with Crippen molar-refractivity contribution < 1.29 is 0 Å². The Morgan fingerprint density at radius 2 is 1.11 bits per heavy atom. The summed E-state index contributed by atoms with van der Waals surface area (Å²) in [4.78, 5) is 0. The van der Waals surface area contributed by atoms with E-state index in [4.69, 9.17) is 0 Å². The van der Waals surface area contributed by atoms with Crippen LogP contribution in [0.1, 0.15) is 27.7 Å². The second kappa shape index (κ2) is 7.92. The molecule has 0 bridgehead atoms. The summed E-state index contributed by atoms with van der Waals surface area (Å²) >= 11 is 0. The van der Waals surface area contributed by atoms with E-state index in [9.17, 15) is 0 Å². The van der Waals surface area contributed by atoms with Crippen LogP contribution in [0.5, 0.6) is 0 Å². The topological polar surface area (TPSA) is 38.0 Å². The molecule has 0 amide bonds. The van der Waals surface area contributed by atoms with Gasteiger partial charge in [0.25, 0.3) is 0 Å². The molecule has 0 saturated carbocycles. The van der Waals surface area contributed by atoms with Gasteiger partial charge in [0.15, 0.2) is 0 Å². The van der Waals surface area contributed by atoms with Crippen LogP contribution in [-0.4, -0.2) is 19.1 Å². The van der Waals surface area contributed by atoms with Gasteiger partial charge in [-0.1, -0.05) is 27.7 Å². The Morgan fingerprint density at radius 3 is 1.11 bits per heavy atom. The summed E-state index contributed by atoms with van der Waals surface area (Å²) in [6, 6.07) is 1.25. The maximum absolute atomic E-state index is 4.50. The first kappa shape index (κ1) is 11.7. The zero-order valence-corrected chi connectivity index (χ0v) is 7.23. The van der Waals surface area contributed by atoms with Gasteiger partial charge in [-0.15, -0.1) is 0 Å². The molecule has 2 heteroatoms. The lowest BCUT2D eigenvalue weighted by molar-refractivity contribution is 0.518. The molecule has 0 aromatic carbocycles. The molecule has 58 valence electrons. The van der Waals surface area contributed by atoms with Crippen molar-refractivity contribution in [2.24, 2.45) is 5.73 Å². The molecule has 0 rings (SSSR count). The van der Waals surface area contributed by atoms with E-state index < -0.39 is 0 Å². The van der Waals surface area contributed by atoms with E-state index in [1.165, 1.54) is 7.05 Å². The molecular formula is C7H20N2. The van der Waals surface area contributed by atoms with Crippen LogP contribution in [0.2, 0.25) is 0 Å². The van der Waals surface area contributed by atoms with Gasteiger partial charge in [-0.2, -0.15) is 0 Å². The second-order valence-corrected chi connectivity index (χ2v) is 2.48. The predicted molar refractivity (Wildman–Crippen MR) is 43.5 cm³/mol. The molecule has 0 unspecified atom stereocenters. The van der Waals surface area contributed by atoms with Crippen LogP contribution >= 0.6 is 0 Å². The van der Waals surface area contributed by atoms with Gasteiger partial charge in [0.1, 0.15) is 0 Å². The summed E-state index contributed by atoms with van der Waals surface area (Å²) in [6.45, 7) is 8.61. The van der Waals surface area contributed by atoms with Crippen LogP contribution in [0.15, 0.2) is 0 Å². The van der Waals surface area contributed by atoms with Gasteiger partial charge in [0, 0.05) is 12.1 Å². The van der Waals surface area contributed by atoms with E-state index in [0.717, 1.165) is 0 Å². The Labute approximate surface area is 58.8 Å². The summed E-state index contributed by atoms with van der Waals surface area (Å²) < 4.78 is 0. The van der Waals surface area contributed by atoms with E-state index in [0.29, 0.717) is 12.1 Å². The molecular weight excluding hydrogens is 112 g/mol. The fourth-order valence-corrected chi connectivity index (χ4v) is 0.667. The lowest BCUT2D eigenvalue weighted by Gasteiger charge is -2.10. The van der Waals surface area contributed by atoms with Gasteiger partial charge in [0.05, 0.1) is 0 Å². The average molecular weight is 132 g/mol. The minimum atomic E-state index is 0.625. The summed E-state index contributed by atoms with van der Waals surface area (Å²) in [5.41, 5.74) is 4.50. The van der Waals surface area contributed by atoms with Crippen molar-refractivity contribution in [3.05, 3.63) is 0 Å². The monoisotopic (exact) mass is 132 g/mol. The largest absolute Gasteiger partial charge is 0.333 e. The molecule has 2 nitrogen and oxygen atoms in total. The van der Waals surface area contributed by atoms with Crippen LogP contribution in [0.25, 0.3) is 0 Å². The molecule has 0 saturated heterocycles. The fourth-order valence-electron chi connectivity index (χ4n) is 0.667. The van der Waals surface area contributed by atoms with E-state index >= 15 is 0 Å². The van der Waals surface area contributed by atoms with Crippen molar-refractivity contribution in [1.82, 2.24) is 5.32 Å². The minimum absolute atomic E-state index is 0.625. The number of rotatable bonds is 2. The average Bonchev–Trinajstić information content (AvgIpc) is 1.68. The molecule has 3 N–H and O–H groups in total. The number of hydrogen-bond acceptors (Lipinski definition) is 2. The van der Waals surface area contributed by atoms with Crippen molar-refractivity contribution in [3.63, 3.8) is 0 Å². The molecule has 0 fully saturated rings. The number of nitrogens with one attached hydrogen (secondary N) is 1. The third-order valence-electron chi connectivity index (χ3n) is 0.667. The lowest BCUT2D eigenvalue weighted by Crippen LogP contribution is -2.29. The highest BCUT2D eigenvalue weighted by Gasteiger charge is 1.92. The lowest BCUT2D eigenvalue weighted by atomic mass is 10.3. The third-order valence-corrected chi connectivity index (χ3v) is 0.667. The SMILES string of the molecule is CC(C)NC(C)C.CN. The van der Waals surface area contributed by atoms with Crippen LogP contribution in [-0.2, 0) is 0 Å². The normalized spacial score (nSPS) is 9.33. The first-order chi connectivity index (χ1) is 4.13. The number of nitrogens with two attached hydrogens (primary N) is 1. The standard InChI is InChI=1S/C6H15N.CH5N/c1-5(2)7-6(3)4;1-2/h5-7H,1-4H3;2H2,1H3. The Balaban J connectivity index is 0. The molecule has 0 aliphatic rings. The zero-order valence-electron chi connectivity index (χ0n) is 7.23. The van der Waals surface area contributed by atoms with Gasteiger partial charge in [-0.25, -0.2) is 0 Å². The van der Waals surface area contributed by atoms with E-state index in [2.05, 4.69) is 38.7 Å². The highest BCUT2D eigenvalue weighted by molar-refractivity contribution is 4.55. The van der Waals surface area contributed by atoms with Gasteiger partial charge in [0.2, 0.25) is 0 Å². The van der Waals surface area contributed by atoms with Crippen LogP contribution < -0.4 is 11.1 Å². The molecule has 9 heavy (non-hydrogen) atoms. The summed E-state index contributed by atoms with van der Waals surface area (Å²) in [5, 5.41) is 3.31. The molecule has 0 atom stereocenters. The quantitative estimate of drug-likeness (QED) is 0.587. The first-order valence-corrected chi connectivity index (χ1v) is 3.46. The Kier molecular flexibility index (Phi) is 10.3. The third kappa shape index (κ3) is 18.1. The minimum Gasteiger partial charge on any atom is -0.333 e.